The van der Waals surface area contributed by atoms with Gasteiger partial charge in [-0.1, -0.05) is 23.4 Å². The van der Waals surface area contributed by atoms with E-state index < -0.39 is 16.1 Å². The normalized spacial score (nSPS) is 15.8. The molecular formula is C13H15N5O3S. The fraction of sp³-hybridized carbons (Fsp3) is 0.308. The minimum absolute atomic E-state index is 0.0494. The van der Waals surface area contributed by atoms with Gasteiger partial charge in [0, 0.05) is 13.1 Å². The van der Waals surface area contributed by atoms with Gasteiger partial charge in [-0.2, -0.15) is 12.7 Å². The summed E-state index contributed by atoms with van der Waals surface area (Å²) in [6.45, 7) is 0.860. The van der Waals surface area contributed by atoms with Gasteiger partial charge in [-0.25, -0.2) is 9.40 Å². The molecule has 0 atom stereocenters. The zero-order valence-electron chi connectivity index (χ0n) is 11.7. The lowest BCUT2D eigenvalue weighted by Gasteiger charge is -2.14. The molecule has 0 spiro atoms. The summed E-state index contributed by atoms with van der Waals surface area (Å²) in [6.07, 6.45) is 3.00. The van der Waals surface area contributed by atoms with Crippen molar-refractivity contribution in [2.24, 2.45) is 0 Å². The molecule has 0 unspecified atom stereocenters. The molecule has 3 rings (SSSR count). The van der Waals surface area contributed by atoms with Crippen molar-refractivity contribution in [2.75, 3.05) is 13.1 Å². The minimum atomic E-state index is -3.81. The van der Waals surface area contributed by atoms with E-state index in [1.54, 1.807) is 12.1 Å². The fourth-order valence-corrected chi connectivity index (χ4v) is 3.44. The summed E-state index contributed by atoms with van der Waals surface area (Å²) in [7, 11) is -3.81. The third-order valence-corrected chi connectivity index (χ3v) is 4.86. The molecule has 1 aromatic heterocycles. The molecule has 1 N–H and O–H groups in total. The lowest BCUT2D eigenvalue weighted by atomic mass is 10.3. The Hall–Kier alpha value is -2.26. The molecule has 0 bridgehead atoms. The molecule has 116 valence electrons. The second-order valence-electron chi connectivity index (χ2n) is 4.93. The van der Waals surface area contributed by atoms with Crippen molar-refractivity contribution in [3.05, 3.63) is 42.2 Å². The highest BCUT2D eigenvalue weighted by atomic mass is 32.2. The Kier molecular flexibility index (Phi) is 3.90. The highest BCUT2D eigenvalue weighted by Crippen LogP contribution is 2.12. The summed E-state index contributed by atoms with van der Waals surface area (Å²) in [5.41, 5.74) is 0.683. The van der Waals surface area contributed by atoms with Gasteiger partial charge < -0.3 is 0 Å². The van der Waals surface area contributed by atoms with Crippen LogP contribution in [0.25, 0.3) is 5.69 Å². The molecule has 2 aromatic rings. The van der Waals surface area contributed by atoms with Gasteiger partial charge in [-0.3, -0.25) is 4.79 Å². The predicted octanol–water partition coefficient (Wildman–Crippen LogP) is 0.338. The highest BCUT2D eigenvalue weighted by Gasteiger charge is 2.28. The second kappa shape index (κ2) is 5.85. The number of hydrogen-bond donors (Lipinski definition) is 1. The number of amides is 1. The molecular weight excluding hydrogens is 306 g/mol. The van der Waals surface area contributed by atoms with Crippen molar-refractivity contribution in [1.82, 2.24) is 24.0 Å². The van der Waals surface area contributed by atoms with Gasteiger partial charge in [0.15, 0.2) is 5.69 Å². The highest BCUT2D eigenvalue weighted by molar-refractivity contribution is 7.87. The first-order valence-electron chi connectivity index (χ1n) is 6.86. The summed E-state index contributed by atoms with van der Waals surface area (Å²) < 4.78 is 28.8. The maximum atomic E-state index is 12.0. The van der Waals surface area contributed by atoms with Crippen LogP contribution < -0.4 is 4.72 Å². The Balaban J connectivity index is 1.75. The van der Waals surface area contributed by atoms with Crippen LogP contribution in [-0.4, -0.2) is 46.7 Å². The summed E-state index contributed by atoms with van der Waals surface area (Å²) in [5.74, 6) is -0.783. The topological polar surface area (TPSA) is 97.2 Å². The van der Waals surface area contributed by atoms with Gasteiger partial charge in [-0.05, 0) is 25.0 Å². The van der Waals surface area contributed by atoms with Crippen molar-refractivity contribution in [3.63, 3.8) is 0 Å². The van der Waals surface area contributed by atoms with E-state index in [2.05, 4.69) is 10.3 Å². The molecule has 22 heavy (non-hydrogen) atoms. The van der Waals surface area contributed by atoms with Gasteiger partial charge in [0.1, 0.15) is 0 Å². The summed E-state index contributed by atoms with van der Waals surface area (Å²) >= 11 is 0. The van der Waals surface area contributed by atoms with E-state index in [0.29, 0.717) is 13.1 Å². The lowest BCUT2D eigenvalue weighted by molar-refractivity contribution is 0.0974. The van der Waals surface area contributed by atoms with E-state index in [9.17, 15) is 13.2 Å². The van der Waals surface area contributed by atoms with Crippen LogP contribution in [0.1, 0.15) is 23.3 Å². The predicted molar refractivity (Wildman–Crippen MR) is 78.6 cm³/mol. The second-order valence-corrected chi connectivity index (χ2v) is 6.60. The first-order chi connectivity index (χ1) is 10.6. The Bertz CT molecular complexity index is 766. The molecule has 2 heterocycles. The number of hydrogen-bond acceptors (Lipinski definition) is 5. The Morgan fingerprint density at radius 3 is 2.50 bits per heavy atom. The molecule has 9 heteroatoms. The molecule has 0 radical (unpaired) electrons. The zero-order chi connectivity index (χ0) is 15.6. The third kappa shape index (κ3) is 3.00. The molecule has 1 saturated heterocycles. The van der Waals surface area contributed by atoms with E-state index in [4.69, 9.17) is 0 Å². The maximum Gasteiger partial charge on any atom is 0.304 e. The van der Waals surface area contributed by atoms with Crippen LogP contribution in [0.3, 0.4) is 0 Å². The number of aromatic nitrogens is 3. The van der Waals surface area contributed by atoms with E-state index in [1.807, 2.05) is 22.9 Å². The number of nitrogens with one attached hydrogen (secondary N) is 1. The third-order valence-electron chi connectivity index (χ3n) is 3.37. The van der Waals surface area contributed by atoms with Crippen LogP contribution >= 0.6 is 0 Å². The number of carbonyl (C=O) groups excluding carboxylic acids is 1. The Morgan fingerprint density at radius 2 is 1.82 bits per heavy atom. The summed E-state index contributed by atoms with van der Waals surface area (Å²) in [6, 6.07) is 9.12. The van der Waals surface area contributed by atoms with Crippen LogP contribution in [-0.2, 0) is 10.2 Å². The number of nitrogens with zero attached hydrogens (tertiary/aromatic N) is 4. The van der Waals surface area contributed by atoms with Gasteiger partial charge in [0.05, 0.1) is 11.9 Å². The van der Waals surface area contributed by atoms with Crippen molar-refractivity contribution in [1.29, 1.82) is 0 Å². The smallest absolute Gasteiger partial charge is 0.266 e. The van der Waals surface area contributed by atoms with Crippen LogP contribution in [0.15, 0.2) is 36.5 Å². The van der Waals surface area contributed by atoms with E-state index in [0.717, 1.165) is 18.5 Å². The molecule has 1 aliphatic rings. The molecule has 1 amide bonds. The van der Waals surface area contributed by atoms with Gasteiger partial charge in [0.2, 0.25) is 0 Å². The molecule has 0 aliphatic carbocycles. The number of benzene rings is 1. The van der Waals surface area contributed by atoms with Crippen molar-refractivity contribution < 1.29 is 13.2 Å². The van der Waals surface area contributed by atoms with E-state index in [1.165, 1.54) is 15.2 Å². The van der Waals surface area contributed by atoms with Crippen LogP contribution in [0.4, 0.5) is 0 Å². The monoisotopic (exact) mass is 321 g/mol. The minimum Gasteiger partial charge on any atom is -0.266 e. The van der Waals surface area contributed by atoms with Crippen LogP contribution in [0.5, 0.6) is 0 Å². The molecule has 1 aliphatic heterocycles. The van der Waals surface area contributed by atoms with Gasteiger partial charge in [-0.15, -0.1) is 5.10 Å². The SMILES string of the molecule is O=C(NS(=O)(=O)N1CCCC1)c1cn(-c2ccccc2)nn1. The Labute approximate surface area is 127 Å². The summed E-state index contributed by atoms with van der Waals surface area (Å²) in [5, 5.41) is 7.55. The lowest BCUT2D eigenvalue weighted by Crippen LogP contribution is -2.42. The van der Waals surface area contributed by atoms with Crippen molar-refractivity contribution >= 4 is 16.1 Å². The van der Waals surface area contributed by atoms with Crippen molar-refractivity contribution in [2.45, 2.75) is 12.8 Å². The van der Waals surface area contributed by atoms with Gasteiger partial charge >= 0.3 is 10.2 Å². The van der Waals surface area contributed by atoms with E-state index >= 15 is 0 Å². The molecule has 1 fully saturated rings. The quantitative estimate of drug-likeness (QED) is 0.875. The first kappa shape index (κ1) is 14.7. The van der Waals surface area contributed by atoms with Crippen LogP contribution in [0, 0.1) is 0 Å². The largest absolute Gasteiger partial charge is 0.304 e. The number of para-hydroxylation sites is 1. The molecule has 0 saturated carbocycles. The zero-order valence-corrected chi connectivity index (χ0v) is 12.5. The average Bonchev–Trinajstić information content (AvgIpc) is 3.20. The average molecular weight is 321 g/mol. The number of carbonyl (C=O) groups is 1. The summed E-state index contributed by atoms with van der Waals surface area (Å²) in [4.78, 5) is 12.0. The molecule has 1 aromatic carbocycles. The fourth-order valence-electron chi connectivity index (χ4n) is 2.24. The number of rotatable bonds is 4. The van der Waals surface area contributed by atoms with Gasteiger partial charge in [0.25, 0.3) is 5.91 Å². The van der Waals surface area contributed by atoms with Crippen LogP contribution in [0.2, 0.25) is 0 Å². The first-order valence-corrected chi connectivity index (χ1v) is 8.30. The Morgan fingerprint density at radius 1 is 1.14 bits per heavy atom. The standard InChI is InChI=1S/C13H15N5O3S/c19-13(15-22(20,21)17-8-4-5-9-17)12-10-18(16-14-12)11-6-2-1-3-7-11/h1-3,6-7,10H,4-5,8-9H2,(H,15,19). The molecule has 8 nitrogen and oxygen atoms in total. The van der Waals surface area contributed by atoms with Crippen molar-refractivity contribution in [3.8, 4) is 5.69 Å². The van der Waals surface area contributed by atoms with E-state index in [-0.39, 0.29) is 5.69 Å². The maximum absolute atomic E-state index is 12.0.